The third kappa shape index (κ3) is 6.06. The number of nitrogens with zero attached hydrogens (tertiary/aromatic N) is 1. The molecule has 0 N–H and O–H groups in total. The fraction of sp³-hybridized carbons (Fsp3) is 0.0938. The number of allylic oxidation sites excluding steroid dienone is 2. The van der Waals surface area contributed by atoms with Crippen LogP contribution in [0.25, 0.3) is 77.9 Å². The molecule has 1 heteroatoms. The normalized spacial score (nSPS) is 14.6. The van der Waals surface area contributed by atoms with Gasteiger partial charge in [0.05, 0.1) is 0 Å². The quantitative estimate of drug-likeness (QED) is 0.114. The minimum Gasteiger partial charge on any atom is -0.311 e. The smallest absolute Gasteiger partial charge is 0.0462 e. The van der Waals surface area contributed by atoms with Crippen molar-refractivity contribution < 1.29 is 0 Å². The van der Waals surface area contributed by atoms with Crippen molar-refractivity contribution in [2.24, 2.45) is 0 Å². The van der Waals surface area contributed by atoms with Gasteiger partial charge >= 0.3 is 0 Å². The molecule has 0 radical (unpaired) electrons. The van der Waals surface area contributed by atoms with Gasteiger partial charge in [-0.25, -0.2) is 0 Å². The second kappa shape index (κ2) is 14.9. The van der Waals surface area contributed by atoms with Crippen molar-refractivity contribution in [3.8, 4) is 22.3 Å². The molecular weight excluding hydrogens is 783 g/mol. The van der Waals surface area contributed by atoms with E-state index in [0.29, 0.717) is 0 Å². The molecule has 65 heavy (non-hydrogen) atoms. The van der Waals surface area contributed by atoms with E-state index in [0.717, 1.165) is 22.6 Å². The van der Waals surface area contributed by atoms with Crippen molar-refractivity contribution in [3.05, 3.63) is 246 Å². The molecule has 0 fully saturated rings. The molecule has 0 saturated heterocycles. The van der Waals surface area contributed by atoms with Crippen molar-refractivity contribution >= 4 is 72.7 Å². The predicted molar refractivity (Wildman–Crippen MR) is 279 cm³/mol. The summed E-state index contributed by atoms with van der Waals surface area (Å²) in [6, 6.07) is 78.1. The maximum Gasteiger partial charge on any atom is 0.0462 e. The van der Waals surface area contributed by atoms with Gasteiger partial charge in [0.25, 0.3) is 0 Å². The molecule has 0 unspecified atom stereocenters. The lowest BCUT2D eigenvalue weighted by atomic mass is 9.75. The number of para-hydroxylation sites is 2. The van der Waals surface area contributed by atoms with Crippen LogP contribution in [0.5, 0.6) is 0 Å². The van der Waals surface area contributed by atoms with Crippen molar-refractivity contribution in [2.45, 2.75) is 38.5 Å². The number of benzene rings is 10. The fourth-order valence-corrected chi connectivity index (χ4v) is 11.5. The fourth-order valence-electron chi connectivity index (χ4n) is 11.5. The van der Waals surface area contributed by atoms with Crippen LogP contribution in [0, 0.1) is 0 Å². The van der Waals surface area contributed by atoms with Crippen molar-refractivity contribution in [2.75, 3.05) is 4.90 Å². The van der Waals surface area contributed by atoms with Crippen molar-refractivity contribution in [3.63, 3.8) is 0 Å². The summed E-state index contributed by atoms with van der Waals surface area (Å²) in [5.74, 6) is 0. The minimum absolute atomic E-state index is 0.0509. The average molecular weight is 832 g/mol. The highest BCUT2D eigenvalue weighted by Gasteiger charge is 2.49. The van der Waals surface area contributed by atoms with Gasteiger partial charge in [0.1, 0.15) is 0 Å². The van der Waals surface area contributed by atoms with Crippen LogP contribution < -0.4 is 4.90 Å². The topological polar surface area (TPSA) is 3.24 Å². The molecule has 10 aromatic carbocycles. The summed E-state index contributed by atoms with van der Waals surface area (Å²) in [6.07, 6.45) is 4.51. The molecule has 0 bridgehead atoms. The van der Waals surface area contributed by atoms with E-state index in [9.17, 15) is 0 Å². The molecule has 310 valence electrons. The first-order valence-electron chi connectivity index (χ1n) is 22.9. The van der Waals surface area contributed by atoms with Crippen LogP contribution in [0.4, 0.5) is 17.1 Å². The first-order valence-corrected chi connectivity index (χ1v) is 22.9. The molecule has 0 amide bonds. The Hall–Kier alpha value is -7.74. The summed E-state index contributed by atoms with van der Waals surface area (Å²) in [6.45, 7) is 9.68. The van der Waals surface area contributed by atoms with E-state index in [1.807, 2.05) is 0 Å². The molecule has 12 rings (SSSR count). The lowest BCUT2D eigenvalue weighted by Crippen LogP contribution is -2.19. The second-order valence-corrected chi connectivity index (χ2v) is 18.8. The van der Waals surface area contributed by atoms with Crippen molar-refractivity contribution in [1.82, 2.24) is 0 Å². The Labute approximate surface area is 382 Å². The Bertz CT molecular complexity index is 3470. The maximum absolute atomic E-state index is 2.52. The maximum atomic E-state index is 2.52. The molecule has 0 atom stereocenters. The van der Waals surface area contributed by atoms with Gasteiger partial charge in [-0.05, 0) is 142 Å². The molecule has 1 nitrogen and oxygen atoms in total. The van der Waals surface area contributed by atoms with Crippen LogP contribution in [0.2, 0.25) is 0 Å². The van der Waals surface area contributed by atoms with Gasteiger partial charge in [0.15, 0.2) is 0 Å². The SMILES string of the molecule is CC1(C)C2=C(c3ccccc31)C(C)(C)c1cc(-c3c4ccccc4c(-c4ccc(C=Cc5ccc(N(c6ccccc6)c6ccccc6)cc5)c5ccccc45)c4ccccc34)ccc12. The van der Waals surface area contributed by atoms with Gasteiger partial charge in [-0.15, -0.1) is 0 Å². The highest BCUT2D eigenvalue weighted by atomic mass is 15.1. The second-order valence-electron chi connectivity index (χ2n) is 18.8. The number of hydrogen-bond donors (Lipinski definition) is 0. The van der Waals surface area contributed by atoms with Gasteiger partial charge in [0, 0.05) is 27.9 Å². The first kappa shape index (κ1) is 38.9. The molecule has 0 spiro atoms. The summed E-state index contributed by atoms with van der Waals surface area (Å²) >= 11 is 0. The molecule has 2 aliphatic carbocycles. The average Bonchev–Trinajstić information content (AvgIpc) is 3.75. The van der Waals surface area contributed by atoms with Gasteiger partial charge in [-0.3, -0.25) is 0 Å². The van der Waals surface area contributed by atoms with Crippen molar-refractivity contribution in [1.29, 1.82) is 0 Å². The van der Waals surface area contributed by atoms with E-state index < -0.39 is 0 Å². The summed E-state index contributed by atoms with van der Waals surface area (Å²) < 4.78 is 0. The van der Waals surface area contributed by atoms with E-state index >= 15 is 0 Å². The van der Waals surface area contributed by atoms with Crippen LogP contribution >= 0.6 is 0 Å². The number of fused-ring (bicyclic) bond motifs is 7. The Kier molecular flexibility index (Phi) is 8.94. The van der Waals surface area contributed by atoms with E-state index in [4.69, 9.17) is 0 Å². The lowest BCUT2D eigenvalue weighted by Gasteiger charge is -2.28. The molecule has 0 saturated carbocycles. The zero-order chi connectivity index (χ0) is 43.9. The molecule has 2 aliphatic rings. The Morgan fingerprint density at radius 2 is 0.800 bits per heavy atom. The largest absolute Gasteiger partial charge is 0.311 e. The monoisotopic (exact) mass is 831 g/mol. The van der Waals surface area contributed by atoms with Gasteiger partial charge < -0.3 is 4.90 Å². The third-order valence-electron chi connectivity index (χ3n) is 14.4. The van der Waals surface area contributed by atoms with Gasteiger partial charge in [0.2, 0.25) is 0 Å². The molecule has 0 aliphatic heterocycles. The molecular formula is C64H49N. The van der Waals surface area contributed by atoms with E-state index in [1.54, 1.807) is 0 Å². The Morgan fingerprint density at radius 1 is 0.338 bits per heavy atom. The lowest BCUT2D eigenvalue weighted by molar-refractivity contribution is 0.694. The highest BCUT2D eigenvalue weighted by Crippen LogP contribution is 2.63. The predicted octanol–water partition coefficient (Wildman–Crippen LogP) is 17.6. The third-order valence-corrected chi connectivity index (χ3v) is 14.4. The zero-order valence-corrected chi connectivity index (χ0v) is 37.3. The van der Waals surface area contributed by atoms with Gasteiger partial charge in [-0.1, -0.05) is 210 Å². The first-order chi connectivity index (χ1) is 31.8. The summed E-state index contributed by atoms with van der Waals surface area (Å²) in [7, 11) is 0. The molecule has 0 heterocycles. The summed E-state index contributed by atoms with van der Waals surface area (Å²) in [5.41, 5.74) is 19.3. The number of rotatable bonds is 7. The Morgan fingerprint density at radius 3 is 1.42 bits per heavy atom. The summed E-state index contributed by atoms with van der Waals surface area (Å²) in [4.78, 5) is 2.30. The van der Waals surface area contributed by atoms with Crippen LogP contribution in [-0.4, -0.2) is 0 Å². The van der Waals surface area contributed by atoms with Crippen LogP contribution in [0.3, 0.4) is 0 Å². The van der Waals surface area contributed by atoms with E-state index in [2.05, 4.69) is 257 Å². The van der Waals surface area contributed by atoms with Crippen LogP contribution in [-0.2, 0) is 10.8 Å². The van der Waals surface area contributed by atoms with Crippen LogP contribution in [0.15, 0.2) is 212 Å². The van der Waals surface area contributed by atoms with E-state index in [1.165, 1.54) is 93.5 Å². The molecule has 0 aromatic heterocycles. The summed E-state index contributed by atoms with van der Waals surface area (Å²) in [5, 5.41) is 7.57. The van der Waals surface area contributed by atoms with Crippen LogP contribution in [0.1, 0.15) is 61.1 Å². The van der Waals surface area contributed by atoms with E-state index in [-0.39, 0.29) is 10.8 Å². The molecule has 10 aromatic rings. The highest BCUT2D eigenvalue weighted by molar-refractivity contribution is 6.24. The number of anilines is 3. The standard InChI is InChI=1S/C64H49N/c1-63(2)57-30-18-17-29-55(57)61-62(63)56-40-36-44(41-58(56)64(61,3)4)59-50-25-13-15-27-52(50)60(53-28-16-14-26-51(53)59)54-39-35-43(48-23-11-12-24-49(48)54)34-31-42-32-37-47(38-33-42)65(45-19-7-5-8-20-45)46-21-9-6-10-22-46/h5-41H,1-4H3. The number of hydrogen-bond acceptors (Lipinski definition) is 1. The zero-order valence-electron chi connectivity index (χ0n) is 37.3. The Balaban J connectivity index is 0.945. The van der Waals surface area contributed by atoms with Gasteiger partial charge in [-0.2, -0.15) is 0 Å². The minimum atomic E-state index is -0.124.